The number of rotatable bonds is 2. The molecule has 76 valence electrons. The van der Waals surface area contributed by atoms with Crippen LogP contribution >= 0.6 is 0 Å². The van der Waals surface area contributed by atoms with Gasteiger partial charge in [-0.15, -0.1) is 0 Å². The normalized spacial score (nSPS) is 10.7. The van der Waals surface area contributed by atoms with Crippen molar-refractivity contribution in [1.29, 1.82) is 0 Å². The molecule has 0 saturated heterocycles. The first-order valence-corrected chi connectivity index (χ1v) is 4.44. The molecular weight excluding hydrogens is 186 g/mol. The SMILES string of the molecule is CC(=O)c1c(F)ccc(C(C)C)c1F. The number of hydrogen-bond acceptors (Lipinski definition) is 1. The maximum atomic E-state index is 13.6. The lowest BCUT2D eigenvalue weighted by Gasteiger charge is -2.09. The number of carbonyl (C=O) groups excluding carboxylic acids is 1. The molecule has 14 heavy (non-hydrogen) atoms. The summed E-state index contributed by atoms with van der Waals surface area (Å²) < 4.78 is 26.7. The molecule has 0 amide bonds. The van der Waals surface area contributed by atoms with Gasteiger partial charge in [-0.1, -0.05) is 19.9 Å². The molecule has 3 heteroatoms. The highest BCUT2D eigenvalue weighted by Gasteiger charge is 2.18. The number of ketones is 1. The quantitative estimate of drug-likeness (QED) is 0.666. The second kappa shape index (κ2) is 3.86. The van der Waals surface area contributed by atoms with Gasteiger partial charge in [0.15, 0.2) is 5.78 Å². The molecule has 0 aliphatic rings. The van der Waals surface area contributed by atoms with Gasteiger partial charge in [0.2, 0.25) is 0 Å². The maximum absolute atomic E-state index is 13.6. The van der Waals surface area contributed by atoms with Gasteiger partial charge in [0, 0.05) is 0 Å². The van der Waals surface area contributed by atoms with Crippen LogP contribution in [-0.4, -0.2) is 5.78 Å². The van der Waals surface area contributed by atoms with Crippen molar-refractivity contribution >= 4 is 5.78 Å². The van der Waals surface area contributed by atoms with Crippen molar-refractivity contribution in [2.45, 2.75) is 26.7 Å². The number of hydrogen-bond donors (Lipinski definition) is 0. The molecule has 0 atom stereocenters. The van der Waals surface area contributed by atoms with E-state index in [1.807, 2.05) is 0 Å². The number of benzene rings is 1. The van der Waals surface area contributed by atoms with E-state index in [-0.39, 0.29) is 5.92 Å². The molecule has 1 rings (SSSR count). The van der Waals surface area contributed by atoms with Gasteiger partial charge >= 0.3 is 0 Å². The predicted octanol–water partition coefficient (Wildman–Crippen LogP) is 3.29. The molecule has 0 aromatic heterocycles. The molecule has 0 saturated carbocycles. The van der Waals surface area contributed by atoms with Crippen LogP contribution in [0.3, 0.4) is 0 Å². The first-order valence-electron chi connectivity index (χ1n) is 4.44. The molecule has 0 bridgehead atoms. The smallest absolute Gasteiger partial charge is 0.165 e. The lowest BCUT2D eigenvalue weighted by atomic mass is 9.98. The summed E-state index contributed by atoms with van der Waals surface area (Å²) in [7, 11) is 0. The highest BCUT2D eigenvalue weighted by Crippen LogP contribution is 2.23. The lowest BCUT2D eigenvalue weighted by molar-refractivity contribution is 0.100. The standard InChI is InChI=1S/C11H12F2O/c1-6(2)8-4-5-9(12)10(7(3)14)11(8)13/h4-6H,1-3H3. The van der Waals surface area contributed by atoms with Crippen LogP contribution in [0.1, 0.15) is 42.6 Å². The molecule has 0 heterocycles. The van der Waals surface area contributed by atoms with Crippen LogP contribution in [0.15, 0.2) is 12.1 Å². The summed E-state index contributed by atoms with van der Waals surface area (Å²) in [5.41, 5.74) is -0.0622. The summed E-state index contributed by atoms with van der Waals surface area (Å²) in [6.07, 6.45) is 0. The number of carbonyl (C=O) groups is 1. The van der Waals surface area contributed by atoms with Crippen LogP contribution in [0.2, 0.25) is 0 Å². The molecule has 0 aliphatic heterocycles. The summed E-state index contributed by atoms with van der Waals surface area (Å²) in [5, 5.41) is 0. The van der Waals surface area contributed by atoms with E-state index >= 15 is 0 Å². The van der Waals surface area contributed by atoms with Crippen molar-refractivity contribution in [2.75, 3.05) is 0 Å². The first-order chi connectivity index (χ1) is 6.45. The summed E-state index contributed by atoms with van der Waals surface area (Å²) >= 11 is 0. The zero-order chi connectivity index (χ0) is 10.9. The number of Topliss-reactive ketones (excluding diaryl/α,β-unsaturated/α-hetero) is 1. The molecule has 0 spiro atoms. The van der Waals surface area contributed by atoms with Crippen LogP contribution in [0.25, 0.3) is 0 Å². The molecular formula is C11H12F2O. The molecule has 0 fully saturated rings. The van der Waals surface area contributed by atoms with Crippen molar-refractivity contribution in [3.05, 3.63) is 34.9 Å². The lowest BCUT2D eigenvalue weighted by Crippen LogP contribution is -2.06. The Kier molecular flexibility index (Phi) is 2.99. The van der Waals surface area contributed by atoms with E-state index in [4.69, 9.17) is 0 Å². The van der Waals surface area contributed by atoms with E-state index in [2.05, 4.69) is 0 Å². The van der Waals surface area contributed by atoms with Gasteiger partial charge in [0.1, 0.15) is 11.6 Å². The van der Waals surface area contributed by atoms with E-state index < -0.39 is 23.0 Å². The van der Waals surface area contributed by atoms with Crippen LogP contribution in [0.4, 0.5) is 8.78 Å². The van der Waals surface area contributed by atoms with Crippen molar-refractivity contribution in [3.8, 4) is 0 Å². The average molecular weight is 198 g/mol. The highest BCUT2D eigenvalue weighted by molar-refractivity contribution is 5.94. The highest BCUT2D eigenvalue weighted by atomic mass is 19.1. The Morgan fingerprint density at radius 1 is 1.29 bits per heavy atom. The van der Waals surface area contributed by atoms with Crippen LogP contribution in [-0.2, 0) is 0 Å². The molecule has 0 unspecified atom stereocenters. The molecule has 1 aromatic carbocycles. The minimum absolute atomic E-state index is 0.0614. The van der Waals surface area contributed by atoms with E-state index in [1.165, 1.54) is 6.07 Å². The van der Waals surface area contributed by atoms with E-state index in [0.717, 1.165) is 13.0 Å². The molecule has 0 radical (unpaired) electrons. The van der Waals surface area contributed by atoms with Crippen molar-refractivity contribution in [1.82, 2.24) is 0 Å². The second-order valence-electron chi connectivity index (χ2n) is 3.54. The Balaban J connectivity index is 3.41. The van der Waals surface area contributed by atoms with Gasteiger partial charge in [-0.05, 0) is 24.5 Å². The van der Waals surface area contributed by atoms with E-state index in [0.29, 0.717) is 5.56 Å². The third-order valence-corrected chi connectivity index (χ3v) is 2.10. The Morgan fingerprint density at radius 2 is 1.86 bits per heavy atom. The second-order valence-corrected chi connectivity index (χ2v) is 3.54. The van der Waals surface area contributed by atoms with Gasteiger partial charge in [0.05, 0.1) is 5.56 Å². The molecule has 0 aliphatic carbocycles. The fraction of sp³-hybridized carbons (Fsp3) is 0.364. The van der Waals surface area contributed by atoms with Gasteiger partial charge in [-0.2, -0.15) is 0 Å². The minimum atomic E-state index is -0.792. The number of halogens is 2. The topological polar surface area (TPSA) is 17.1 Å². The Bertz CT molecular complexity index is 370. The van der Waals surface area contributed by atoms with Crippen molar-refractivity contribution in [3.63, 3.8) is 0 Å². The Hall–Kier alpha value is -1.25. The van der Waals surface area contributed by atoms with Crippen molar-refractivity contribution < 1.29 is 13.6 Å². The summed E-state index contributed by atoms with van der Waals surface area (Å²) in [5.74, 6) is -2.16. The van der Waals surface area contributed by atoms with E-state index in [9.17, 15) is 13.6 Å². The van der Waals surface area contributed by atoms with Gasteiger partial charge in [-0.3, -0.25) is 4.79 Å². The monoisotopic (exact) mass is 198 g/mol. The largest absolute Gasteiger partial charge is 0.294 e. The molecule has 0 N–H and O–H groups in total. The third-order valence-electron chi connectivity index (χ3n) is 2.10. The fourth-order valence-corrected chi connectivity index (χ4v) is 1.34. The van der Waals surface area contributed by atoms with Crippen molar-refractivity contribution in [2.24, 2.45) is 0 Å². The maximum Gasteiger partial charge on any atom is 0.165 e. The van der Waals surface area contributed by atoms with Gasteiger partial charge in [0.25, 0.3) is 0 Å². The Morgan fingerprint density at radius 3 is 2.29 bits per heavy atom. The fourth-order valence-electron chi connectivity index (χ4n) is 1.34. The van der Waals surface area contributed by atoms with Gasteiger partial charge < -0.3 is 0 Å². The van der Waals surface area contributed by atoms with Crippen LogP contribution in [0.5, 0.6) is 0 Å². The Labute approximate surface area is 81.7 Å². The summed E-state index contributed by atoms with van der Waals surface area (Å²) in [4.78, 5) is 11.0. The van der Waals surface area contributed by atoms with Crippen LogP contribution in [0, 0.1) is 11.6 Å². The summed E-state index contributed by atoms with van der Waals surface area (Å²) in [6, 6.07) is 2.51. The van der Waals surface area contributed by atoms with E-state index in [1.54, 1.807) is 13.8 Å². The molecule has 1 nitrogen and oxygen atoms in total. The van der Waals surface area contributed by atoms with Gasteiger partial charge in [-0.25, -0.2) is 8.78 Å². The predicted molar refractivity (Wildman–Crippen MR) is 50.5 cm³/mol. The average Bonchev–Trinajstić information content (AvgIpc) is 2.02. The third kappa shape index (κ3) is 1.81. The minimum Gasteiger partial charge on any atom is -0.294 e. The van der Waals surface area contributed by atoms with Crippen LogP contribution < -0.4 is 0 Å². The first kappa shape index (κ1) is 10.8. The summed E-state index contributed by atoms with van der Waals surface area (Å²) in [6.45, 7) is 4.74. The zero-order valence-electron chi connectivity index (χ0n) is 8.40. The molecule has 1 aromatic rings. The zero-order valence-corrected chi connectivity index (χ0v) is 8.40.